The van der Waals surface area contributed by atoms with Crippen molar-refractivity contribution in [3.05, 3.63) is 57.1 Å². The summed E-state index contributed by atoms with van der Waals surface area (Å²) in [6.45, 7) is 1.11. The van der Waals surface area contributed by atoms with Crippen molar-refractivity contribution < 1.29 is 14.3 Å². The van der Waals surface area contributed by atoms with Crippen molar-refractivity contribution in [3.8, 4) is 5.75 Å². The highest BCUT2D eigenvalue weighted by Crippen LogP contribution is 2.26. The van der Waals surface area contributed by atoms with Crippen LogP contribution in [0.15, 0.2) is 35.3 Å². The number of nitrogens with zero attached hydrogens (tertiary/aromatic N) is 5. The summed E-state index contributed by atoms with van der Waals surface area (Å²) in [6, 6.07) is 7.39. The molecule has 1 aliphatic heterocycles. The fourth-order valence-electron chi connectivity index (χ4n) is 4.52. The van der Waals surface area contributed by atoms with Gasteiger partial charge in [-0.2, -0.15) is 0 Å². The Morgan fingerprint density at radius 3 is 2.78 bits per heavy atom. The first-order valence-corrected chi connectivity index (χ1v) is 12.5. The van der Waals surface area contributed by atoms with Gasteiger partial charge in [-0.15, -0.1) is 0 Å². The molecule has 3 aromatic rings. The van der Waals surface area contributed by atoms with Gasteiger partial charge in [0.15, 0.2) is 12.4 Å². The van der Waals surface area contributed by atoms with E-state index in [1.54, 1.807) is 38.3 Å². The van der Waals surface area contributed by atoms with Crippen LogP contribution >= 0.6 is 11.6 Å². The van der Waals surface area contributed by atoms with Crippen molar-refractivity contribution in [2.75, 3.05) is 45.7 Å². The fraction of sp³-hybridized carbons (Fsp3) is 0.423. The predicted molar refractivity (Wildman–Crippen MR) is 142 cm³/mol. The maximum Gasteiger partial charge on any atom is 0.293 e. The van der Waals surface area contributed by atoms with Crippen LogP contribution < -0.4 is 20.5 Å². The molecule has 0 aliphatic carbocycles. The number of aryl methyl sites for hydroxylation is 1. The van der Waals surface area contributed by atoms with Crippen molar-refractivity contribution in [1.82, 2.24) is 24.8 Å². The molecule has 1 N–H and O–H groups in total. The number of fused-ring (bicyclic) bond motifs is 1. The van der Waals surface area contributed by atoms with Crippen LogP contribution in [0.2, 0.25) is 5.02 Å². The van der Waals surface area contributed by atoms with Crippen LogP contribution in [0.25, 0.3) is 10.9 Å². The normalized spacial score (nSPS) is 15.5. The van der Waals surface area contributed by atoms with Crippen LogP contribution in [0.5, 0.6) is 5.75 Å². The number of carbonyl (C=O) groups is 2. The molecule has 2 amide bonds. The van der Waals surface area contributed by atoms with Gasteiger partial charge in [-0.25, -0.2) is 9.97 Å². The summed E-state index contributed by atoms with van der Waals surface area (Å²) in [4.78, 5) is 49.6. The third-order valence-corrected chi connectivity index (χ3v) is 6.88. The molecule has 1 aromatic carbocycles. The van der Waals surface area contributed by atoms with E-state index in [0.717, 1.165) is 35.9 Å². The standard InChI is InChI=1S/C26H31ClN6O4/c1-28-23(34)15-37-22-12-18-10-16(7-8-21(18)32(4)25(22)36)11-20-19(27)13-29-26(30-20)33-9-5-6-17(14-33)24(35)31(2)3/h7-8,10,12-13,17H,5-6,9,11,14-15H2,1-4H3,(H,28,34)/t17-/m1/s1. The van der Waals surface area contributed by atoms with E-state index in [-0.39, 0.29) is 35.6 Å². The molecular weight excluding hydrogens is 496 g/mol. The third kappa shape index (κ3) is 5.85. The third-order valence-electron chi connectivity index (χ3n) is 6.56. The molecule has 1 fully saturated rings. The average Bonchev–Trinajstić information content (AvgIpc) is 2.90. The number of carbonyl (C=O) groups excluding carboxylic acids is 2. The lowest BCUT2D eigenvalue weighted by atomic mass is 9.97. The number of rotatable bonds is 7. The second-order valence-electron chi connectivity index (χ2n) is 9.39. The lowest BCUT2D eigenvalue weighted by molar-refractivity contribution is -0.133. The van der Waals surface area contributed by atoms with Gasteiger partial charge in [0.2, 0.25) is 11.9 Å². The summed E-state index contributed by atoms with van der Waals surface area (Å²) in [5.41, 5.74) is 2.03. The second kappa shape index (κ2) is 11.2. The number of hydrogen-bond donors (Lipinski definition) is 1. The maximum atomic E-state index is 12.6. The summed E-state index contributed by atoms with van der Waals surface area (Å²) < 4.78 is 6.96. The molecular formula is C26H31ClN6O4. The highest BCUT2D eigenvalue weighted by atomic mass is 35.5. The Morgan fingerprint density at radius 2 is 2.05 bits per heavy atom. The molecule has 3 heterocycles. The Morgan fingerprint density at radius 1 is 1.27 bits per heavy atom. The van der Waals surface area contributed by atoms with Crippen molar-refractivity contribution in [3.63, 3.8) is 0 Å². The monoisotopic (exact) mass is 526 g/mol. The number of nitrogens with one attached hydrogen (secondary N) is 1. The number of amides is 2. The van der Waals surface area contributed by atoms with E-state index in [9.17, 15) is 14.4 Å². The number of benzene rings is 1. The zero-order chi connectivity index (χ0) is 26.7. The smallest absolute Gasteiger partial charge is 0.293 e. The van der Waals surface area contributed by atoms with E-state index in [0.29, 0.717) is 29.6 Å². The van der Waals surface area contributed by atoms with Gasteiger partial charge >= 0.3 is 0 Å². The Hall–Kier alpha value is -3.66. The van der Waals surface area contributed by atoms with E-state index < -0.39 is 0 Å². The molecule has 0 bridgehead atoms. The van der Waals surface area contributed by atoms with Gasteiger partial charge in [0.05, 0.1) is 28.3 Å². The van der Waals surface area contributed by atoms with Gasteiger partial charge in [-0.1, -0.05) is 17.7 Å². The van der Waals surface area contributed by atoms with Crippen LogP contribution in [0.1, 0.15) is 24.1 Å². The summed E-state index contributed by atoms with van der Waals surface area (Å²) in [7, 11) is 6.72. The molecule has 0 unspecified atom stereocenters. The topological polar surface area (TPSA) is 110 Å². The van der Waals surface area contributed by atoms with Gasteiger partial charge in [-0.05, 0) is 36.6 Å². The van der Waals surface area contributed by atoms with Gasteiger partial charge < -0.3 is 24.4 Å². The first kappa shape index (κ1) is 26.4. The molecule has 196 valence electrons. The summed E-state index contributed by atoms with van der Waals surface area (Å²) in [6.07, 6.45) is 3.79. The minimum Gasteiger partial charge on any atom is -0.478 e. The molecule has 0 spiro atoms. The molecule has 1 aliphatic rings. The molecule has 4 rings (SSSR count). The lowest BCUT2D eigenvalue weighted by Gasteiger charge is -2.33. The zero-order valence-corrected chi connectivity index (χ0v) is 22.2. The predicted octanol–water partition coefficient (Wildman–Crippen LogP) is 2.00. The van der Waals surface area contributed by atoms with E-state index in [2.05, 4.69) is 10.3 Å². The quantitative estimate of drug-likeness (QED) is 0.501. The highest BCUT2D eigenvalue weighted by Gasteiger charge is 2.28. The average molecular weight is 527 g/mol. The van der Waals surface area contributed by atoms with Crippen LogP contribution in [-0.2, 0) is 23.1 Å². The van der Waals surface area contributed by atoms with Crippen LogP contribution in [0.4, 0.5) is 5.95 Å². The van der Waals surface area contributed by atoms with Crippen molar-refractivity contribution in [2.24, 2.45) is 13.0 Å². The zero-order valence-electron chi connectivity index (χ0n) is 21.5. The first-order chi connectivity index (χ1) is 17.7. The van der Waals surface area contributed by atoms with Gasteiger partial charge in [0.25, 0.3) is 11.5 Å². The Bertz CT molecular complexity index is 1390. The molecule has 11 heteroatoms. The number of pyridine rings is 1. The molecule has 10 nitrogen and oxygen atoms in total. The number of ether oxygens (including phenoxy) is 1. The Labute approximate surface area is 220 Å². The van der Waals surface area contributed by atoms with E-state index >= 15 is 0 Å². The van der Waals surface area contributed by atoms with E-state index in [4.69, 9.17) is 21.3 Å². The largest absolute Gasteiger partial charge is 0.478 e. The molecule has 0 radical (unpaired) electrons. The Balaban J connectivity index is 1.59. The van der Waals surface area contributed by atoms with Crippen molar-refractivity contribution in [1.29, 1.82) is 0 Å². The molecule has 1 atom stereocenters. The summed E-state index contributed by atoms with van der Waals surface area (Å²) in [5.74, 6) is 0.367. The number of hydrogen-bond acceptors (Lipinski definition) is 7. The summed E-state index contributed by atoms with van der Waals surface area (Å²) in [5, 5.41) is 3.71. The van der Waals surface area contributed by atoms with E-state index in [1.807, 2.05) is 23.1 Å². The fourth-order valence-corrected chi connectivity index (χ4v) is 4.68. The number of likely N-dealkylation sites (N-methyl/N-ethyl adjacent to an activating group) is 1. The lowest BCUT2D eigenvalue weighted by Crippen LogP contribution is -2.43. The van der Waals surface area contributed by atoms with Gasteiger partial charge in [-0.3, -0.25) is 14.4 Å². The molecule has 1 saturated heterocycles. The van der Waals surface area contributed by atoms with Gasteiger partial charge in [0.1, 0.15) is 0 Å². The van der Waals surface area contributed by atoms with Crippen LogP contribution in [0.3, 0.4) is 0 Å². The highest BCUT2D eigenvalue weighted by molar-refractivity contribution is 6.31. The first-order valence-electron chi connectivity index (χ1n) is 12.1. The SMILES string of the molecule is CNC(=O)COc1cc2cc(Cc3nc(N4CCC[C@@H](C(=O)N(C)C)C4)ncc3Cl)ccc2n(C)c1=O. The number of aromatic nitrogens is 3. The van der Waals surface area contributed by atoms with Crippen LogP contribution in [-0.4, -0.2) is 72.1 Å². The van der Waals surface area contributed by atoms with Gasteiger partial charge in [0, 0.05) is 53.1 Å². The number of piperidine rings is 1. The minimum atomic E-state index is -0.323. The van der Waals surface area contributed by atoms with Crippen LogP contribution in [0, 0.1) is 5.92 Å². The number of anilines is 1. The van der Waals surface area contributed by atoms with E-state index in [1.165, 1.54) is 11.6 Å². The van der Waals surface area contributed by atoms with Crippen molar-refractivity contribution in [2.45, 2.75) is 19.3 Å². The number of halogens is 1. The molecule has 2 aromatic heterocycles. The Kier molecular flexibility index (Phi) is 7.97. The second-order valence-corrected chi connectivity index (χ2v) is 9.79. The maximum absolute atomic E-state index is 12.6. The van der Waals surface area contributed by atoms with Crippen molar-refractivity contribution >= 4 is 40.3 Å². The summed E-state index contributed by atoms with van der Waals surface area (Å²) >= 11 is 6.47. The minimum absolute atomic E-state index is 0.0848. The molecule has 37 heavy (non-hydrogen) atoms. The molecule has 0 saturated carbocycles.